The molecule has 0 saturated carbocycles. The number of carboxylic acid groups (broad SMARTS) is 1. The number of carboxylic acids is 1. The van der Waals surface area contributed by atoms with Gasteiger partial charge in [0, 0.05) is 32.7 Å². The summed E-state index contributed by atoms with van der Waals surface area (Å²) in [5, 5.41) is 8.40. The van der Waals surface area contributed by atoms with Crippen LogP contribution in [0.3, 0.4) is 0 Å². The molecule has 1 radical (unpaired) electrons. The fourth-order valence-electron chi connectivity index (χ4n) is 0.679. The van der Waals surface area contributed by atoms with Crippen molar-refractivity contribution in [3.63, 3.8) is 0 Å². The van der Waals surface area contributed by atoms with Crippen molar-refractivity contribution in [3.8, 4) is 0 Å². The molecule has 4 heteroatoms. The first kappa shape index (κ1) is 13.8. The Morgan fingerprint density at radius 3 is 2.27 bits per heavy atom. The van der Waals surface area contributed by atoms with Crippen molar-refractivity contribution in [3.05, 3.63) is 0 Å². The summed E-state index contributed by atoms with van der Waals surface area (Å²) in [7, 11) is 0. The quantitative estimate of drug-likeness (QED) is 0.730. The van der Waals surface area contributed by atoms with Gasteiger partial charge in [0.05, 0.1) is 5.92 Å². The van der Waals surface area contributed by atoms with Gasteiger partial charge in [0.15, 0.2) is 0 Å². The summed E-state index contributed by atoms with van der Waals surface area (Å²) in [6.45, 7) is 3.24. The Morgan fingerprint density at radius 1 is 1.55 bits per heavy atom. The zero-order chi connectivity index (χ0) is 8.15. The van der Waals surface area contributed by atoms with E-state index in [0.29, 0.717) is 6.42 Å². The van der Waals surface area contributed by atoms with Crippen LogP contribution >= 0.6 is 0 Å². The van der Waals surface area contributed by atoms with Crippen molar-refractivity contribution in [1.29, 1.82) is 0 Å². The summed E-state index contributed by atoms with van der Waals surface area (Å²) in [5.41, 5.74) is 0. The van der Waals surface area contributed by atoms with Crippen molar-refractivity contribution in [2.45, 2.75) is 20.3 Å². The summed E-state index contributed by atoms with van der Waals surface area (Å²) < 4.78 is 0. The van der Waals surface area contributed by atoms with E-state index in [-0.39, 0.29) is 38.6 Å². The second-order valence-electron chi connectivity index (χ2n) is 2.49. The van der Waals surface area contributed by atoms with E-state index in [0.717, 1.165) is 0 Å². The fourth-order valence-corrected chi connectivity index (χ4v) is 0.679. The molecule has 2 atom stereocenters. The number of rotatable bonds is 4. The van der Waals surface area contributed by atoms with Gasteiger partial charge in [-0.15, -0.1) is 5.92 Å². The molecule has 0 spiro atoms. The van der Waals surface area contributed by atoms with Crippen LogP contribution in [0.1, 0.15) is 20.3 Å². The molecule has 0 aromatic rings. The predicted octanol–water partition coefficient (Wildman–Crippen LogP) is 0.841. The largest absolute Gasteiger partial charge is 0.542 e. The van der Waals surface area contributed by atoms with Crippen LogP contribution in [0.15, 0.2) is 0 Å². The number of aliphatic carboxylic acids is 1. The molecule has 2 unspecified atom stereocenters. The van der Waals surface area contributed by atoms with Gasteiger partial charge in [0.1, 0.15) is 0 Å². The van der Waals surface area contributed by atoms with Crippen LogP contribution in [-0.4, -0.2) is 17.4 Å². The maximum Gasteiger partial charge on any atom is 0.306 e. The van der Waals surface area contributed by atoms with Gasteiger partial charge in [0.25, 0.3) is 0 Å². The molecule has 0 aromatic carbocycles. The number of hydrogen-bond acceptors (Lipinski definition) is 2. The van der Waals surface area contributed by atoms with Crippen LogP contribution in [0.25, 0.3) is 0 Å². The Morgan fingerprint density at radius 2 is 2.00 bits per heavy atom. The van der Waals surface area contributed by atoms with E-state index in [9.17, 15) is 9.59 Å². The predicted molar refractivity (Wildman–Crippen MR) is 36.3 cm³/mol. The van der Waals surface area contributed by atoms with Crippen LogP contribution in [0.5, 0.6) is 0 Å². The van der Waals surface area contributed by atoms with Crippen molar-refractivity contribution in [2.75, 3.05) is 0 Å². The van der Waals surface area contributed by atoms with E-state index in [2.05, 4.69) is 0 Å². The number of hydrogen-bond donors (Lipinski definition) is 1. The Balaban J connectivity index is 0. The third-order valence-corrected chi connectivity index (χ3v) is 1.33. The van der Waals surface area contributed by atoms with Crippen LogP contribution in [0.4, 0.5) is 0 Å². The molecule has 0 heterocycles. The molecule has 0 aliphatic rings. The number of carbonyl (C=O) groups excluding carboxylic acids is 1. The van der Waals surface area contributed by atoms with Gasteiger partial charge in [-0.2, -0.15) is 0 Å². The molecular weight excluding hydrogens is 221 g/mol. The molecule has 3 nitrogen and oxygen atoms in total. The van der Waals surface area contributed by atoms with Crippen LogP contribution in [-0.2, 0) is 42.3 Å². The molecule has 11 heavy (non-hydrogen) atoms. The second kappa shape index (κ2) is 6.92. The molecule has 0 amide bonds. The van der Waals surface area contributed by atoms with Crippen molar-refractivity contribution >= 4 is 12.3 Å². The standard InChI is InChI=1S/C7H11O3.Y/c1-5(4-8)3-6(2)7(9)10;/h5-6H,3H2,1-2H3,(H,9,10);/q-1;. The van der Waals surface area contributed by atoms with Gasteiger partial charge >= 0.3 is 5.97 Å². The van der Waals surface area contributed by atoms with Crippen molar-refractivity contribution in [2.24, 2.45) is 11.8 Å². The first-order valence-electron chi connectivity index (χ1n) is 3.18. The van der Waals surface area contributed by atoms with E-state index in [1.165, 1.54) is 0 Å². The van der Waals surface area contributed by atoms with Gasteiger partial charge < -0.3 is 9.90 Å². The molecule has 0 aliphatic carbocycles. The first-order chi connectivity index (χ1) is 4.57. The van der Waals surface area contributed by atoms with Crippen LogP contribution in [0, 0.1) is 11.8 Å². The van der Waals surface area contributed by atoms with E-state index in [1.807, 2.05) is 0 Å². The van der Waals surface area contributed by atoms with E-state index >= 15 is 0 Å². The molecule has 0 saturated heterocycles. The molecule has 0 bridgehead atoms. The molecule has 0 fully saturated rings. The molecule has 1 N–H and O–H groups in total. The van der Waals surface area contributed by atoms with Crippen molar-refractivity contribution in [1.82, 2.24) is 0 Å². The minimum absolute atomic E-state index is 0. The maximum absolute atomic E-state index is 10.2. The SMILES string of the molecule is CC([C-]=O)CC(C)C(=O)O.[Y]. The summed E-state index contributed by atoms with van der Waals surface area (Å²) in [6.07, 6.45) is 2.11. The van der Waals surface area contributed by atoms with Gasteiger partial charge in [-0.25, -0.2) is 0 Å². The summed E-state index contributed by atoms with van der Waals surface area (Å²) >= 11 is 0. The average Bonchev–Trinajstić information content (AvgIpc) is 1.87. The van der Waals surface area contributed by atoms with E-state index in [1.54, 1.807) is 20.1 Å². The molecule has 61 valence electrons. The minimum Gasteiger partial charge on any atom is -0.542 e. The Labute approximate surface area is 91.4 Å². The van der Waals surface area contributed by atoms with Gasteiger partial charge in [-0.1, -0.05) is 20.3 Å². The third-order valence-electron chi connectivity index (χ3n) is 1.33. The van der Waals surface area contributed by atoms with Gasteiger partial charge in [-0.05, 0) is 0 Å². The molecular formula is C7H11O3Y-. The summed E-state index contributed by atoms with van der Waals surface area (Å²) in [4.78, 5) is 20.2. The maximum atomic E-state index is 10.2. The Kier molecular flexibility index (Phi) is 8.69. The Bertz CT molecular complexity index is 136. The van der Waals surface area contributed by atoms with Gasteiger partial charge in [0.2, 0.25) is 0 Å². The third kappa shape index (κ3) is 6.63. The van der Waals surface area contributed by atoms with E-state index < -0.39 is 11.9 Å². The minimum atomic E-state index is -0.859. The fraction of sp³-hybridized carbons (Fsp3) is 0.714. The Hall–Kier alpha value is 0.244. The zero-order valence-corrected chi connectivity index (χ0v) is 9.54. The normalized spacial score (nSPS) is 14.4. The monoisotopic (exact) mass is 232 g/mol. The summed E-state index contributed by atoms with van der Waals surface area (Å²) in [6, 6.07) is 0. The smallest absolute Gasteiger partial charge is 0.306 e. The van der Waals surface area contributed by atoms with E-state index in [4.69, 9.17) is 5.11 Å². The molecule has 0 aliphatic heterocycles. The number of carbonyl (C=O) groups is 1. The van der Waals surface area contributed by atoms with Crippen LogP contribution in [0.2, 0.25) is 0 Å². The van der Waals surface area contributed by atoms with Gasteiger partial charge in [-0.3, -0.25) is 11.1 Å². The second-order valence-corrected chi connectivity index (χ2v) is 2.49. The van der Waals surface area contributed by atoms with Crippen LogP contribution < -0.4 is 0 Å². The zero-order valence-electron chi connectivity index (χ0n) is 6.70. The molecule has 0 aromatic heterocycles. The summed E-state index contributed by atoms with van der Waals surface area (Å²) in [5.74, 6) is -1.58. The molecule has 0 rings (SSSR count). The first-order valence-corrected chi connectivity index (χ1v) is 3.18. The van der Waals surface area contributed by atoms with Crippen molar-refractivity contribution < 1.29 is 47.4 Å². The topological polar surface area (TPSA) is 54.4 Å². The average molecular weight is 232 g/mol.